The number of likely N-dealkylation sites (N-methyl/N-ethyl adjacent to an activating group) is 1. The van der Waals surface area contributed by atoms with Gasteiger partial charge in [-0.15, -0.1) is 12.4 Å². The van der Waals surface area contributed by atoms with E-state index in [2.05, 4.69) is 10.6 Å². The second-order valence-electron chi connectivity index (χ2n) is 3.20. The Morgan fingerprint density at radius 2 is 2.12 bits per heavy atom. The van der Waals surface area contributed by atoms with Crippen LogP contribution in [0.2, 0.25) is 5.02 Å². The van der Waals surface area contributed by atoms with Crippen LogP contribution in [0, 0.1) is 10.1 Å². The fraction of sp³-hybridized carbons (Fsp3) is 0.400. The van der Waals surface area contributed by atoms with Crippen LogP contribution in [0.3, 0.4) is 0 Å². The molecule has 2 N–H and O–H groups in total. The maximum Gasteiger partial charge on any atom is 0.271 e. The minimum absolute atomic E-state index is 0. The van der Waals surface area contributed by atoms with Crippen molar-refractivity contribution in [1.29, 1.82) is 0 Å². The van der Waals surface area contributed by atoms with Gasteiger partial charge >= 0.3 is 0 Å². The Bertz CT molecular complexity index is 375. The standard InChI is InChI=1S/C10H14ClN3O2.ClH/c1-2-12-5-6-13-10-4-3-8(14(15)16)7-9(10)11;/h3-4,7,12-13H,2,5-6H2,1H3;1H. The molecule has 1 rings (SSSR count). The lowest BCUT2D eigenvalue weighted by Crippen LogP contribution is -2.21. The third-order valence-corrected chi connectivity index (χ3v) is 2.34. The summed E-state index contributed by atoms with van der Waals surface area (Å²) < 4.78 is 0. The molecule has 1 aromatic rings. The van der Waals surface area contributed by atoms with Crippen molar-refractivity contribution in [3.63, 3.8) is 0 Å². The molecule has 7 heteroatoms. The van der Waals surface area contributed by atoms with Gasteiger partial charge in [0.25, 0.3) is 5.69 Å². The number of nitrogens with zero attached hydrogens (tertiary/aromatic N) is 1. The number of non-ortho nitro benzene ring substituents is 1. The minimum atomic E-state index is -0.464. The first kappa shape index (κ1) is 16.0. The maximum atomic E-state index is 10.5. The number of rotatable bonds is 6. The van der Waals surface area contributed by atoms with Gasteiger partial charge in [0.1, 0.15) is 0 Å². The van der Waals surface area contributed by atoms with Crippen LogP contribution in [0.25, 0.3) is 0 Å². The van der Waals surface area contributed by atoms with Crippen LogP contribution in [0.4, 0.5) is 11.4 Å². The highest BCUT2D eigenvalue weighted by Gasteiger charge is 2.08. The van der Waals surface area contributed by atoms with Crippen molar-refractivity contribution in [3.05, 3.63) is 33.3 Å². The molecule has 0 aromatic heterocycles. The number of anilines is 1. The Morgan fingerprint density at radius 1 is 1.41 bits per heavy atom. The highest BCUT2D eigenvalue weighted by Crippen LogP contribution is 2.26. The second-order valence-corrected chi connectivity index (χ2v) is 3.61. The van der Waals surface area contributed by atoms with Crippen molar-refractivity contribution in [2.45, 2.75) is 6.92 Å². The summed E-state index contributed by atoms with van der Waals surface area (Å²) in [4.78, 5) is 10.0. The van der Waals surface area contributed by atoms with E-state index in [1.807, 2.05) is 6.92 Å². The molecule has 0 amide bonds. The molecule has 0 aliphatic heterocycles. The van der Waals surface area contributed by atoms with Crippen molar-refractivity contribution in [2.75, 3.05) is 25.0 Å². The number of hydrogen-bond donors (Lipinski definition) is 2. The fourth-order valence-electron chi connectivity index (χ4n) is 1.22. The van der Waals surface area contributed by atoms with E-state index in [0.29, 0.717) is 10.7 Å². The summed E-state index contributed by atoms with van der Waals surface area (Å²) in [5.41, 5.74) is 0.715. The van der Waals surface area contributed by atoms with Gasteiger partial charge in [-0.2, -0.15) is 0 Å². The lowest BCUT2D eigenvalue weighted by Gasteiger charge is -2.08. The molecule has 0 fully saturated rings. The molecule has 5 nitrogen and oxygen atoms in total. The van der Waals surface area contributed by atoms with Crippen LogP contribution in [-0.2, 0) is 0 Å². The Morgan fingerprint density at radius 3 is 2.65 bits per heavy atom. The van der Waals surface area contributed by atoms with Gasteiger partial charge in [0, 0.05) is 25.2 Å². The summed E-state index contributed by atoms with van der Waals surface area (Å²) in [5, 5.41) is 17.1. The Kier molecular flexibility index (Phi) is 7.61. The summed E-state index contributed by atoms with van der Waals surface area (Å²) in [7, 11) is 0. The first-order valence-electron chi connectivity index (χ1n) is 5.03. The largest absolute Gasteiger partial charge is 0.383 e. The van der Waals surface area contributed by atoms with Crippen LogP contribution in [0.1, 0.15) is 6.92 Å². The highest BCUT2D eigenvalue weighted by atomic mass is 35.5. The predicted molar refractivity (Wildman–Crippen MR) is 72.4 cm³/mol. The van der Waals surface area contributed by atoms with Gasteiger partial charge in [-0.05, 0) is 12.6 Å². The summed E-state index contributed by atoms with van der Waals surface area (Å²) in [6, 6.07) is 4.39. The maximum absolute atomic E-state index is 10.5. The van der Waals surface area contributed by atoms with Gasteiger partial charge in [0.2, 0.25) is 0 Å². The normalized spacial score (nSPS) is 9.53. The minimum Gasteiger partial charge on any atom is -0.383 e. The predicted octanol–water partition coefficient (Wildman–Crippen LogP) is 2.69. The summed E-state index contributed by atoms with van der Waals surface area (Å²) in [6.07, 6.45) is 0. The van der Waals surface area contributed by atoms with Gasteiger partial charge in [-0.3, -0.25) is 10.1 Å². The number of nitro benzene ring substituents is 1. The summed E-state index contributed by atoms with van der Waals surface area (Å²) in [5.74, 6) is 0. The molecule has 0 aliphatic carbocycles. The van der Waals surface area contributed by atoms with E-state index in [0.717, 1.165) is 19.6 Å². The molecule has 1 aromatic carbocycles. The van der Waals surface area contributed by atoms with Crippen LogP contribution in [0.5, 0.6) is 0 Å². The second kappa shape index (κ2) is 8.11. The number of nitro groups is 1. The van der Waals surface area contributed by atoms with Gasteiger partial charge in [-0.1, -0.05) is 18.5 Å². The molecule has 0 saturated carbocycles. The molecule has 96 valence electrons. The molecule has 0 saturated heterocycles. The van der Waals surface area contributed by atoms with Crippen molar-refractivity contribution in [3.8, 4) is 0 Å². The molecule has 17 heavy (non-hydrogen) atoms. The third kappa shape index (κ3) is 5.21. The van der Waals surface area contributed by atoms with Crippen molar-refractivity contribution >= 4 is 35.4 Å². The zero-order chi connectivity index (χ0) is 12.0. The highest BCUT2D eigenvalue weighted by molar-refractivity contribution is 6.33. The van der Waals surface area contributed by atoms with E-state index >= 15 is 0 Å². The van der Waals surface area contributed by atoms with E-state index in [1.54, 1.807) is 6.07 Å². The van der Waals surface area contributed by atoms with E-state index in [-0.39, 0.29) is 18.1 Å². The first-order valence-corrected chi connectivity index (χ1v) is 5.41. The van der Waals surface area contributed by atoms with E-state index < -0.39 is 4.92 Å². The lowest BCUT2D eigenvalue weighted by atomic mass is 10.3. The number of benzene rings is 1. The van der Waals surface area contributed by atoms with Crippen molar-refractivity contribution in [1.82, 2.24) is 5.32 Å². The topological polar surface area (TPSA) is 67.2 Å². The van der Waals surface area contributed by atoms with E-state index in [9.17, 15) is 10.1 Å². The average molecular weight is 280 g/mol. The SMILES string of the molecule is CCNCCNc1ccc([N+](=O)[O-])cc1Cl.Cl. The van der Waals surface area contributed by atoms with Crippen molar-refractivity contribution in [2.24, 2.45) is 0 Å². The van der Waals surface area contributed by atoms with Crippen LogP contribution >= 0.6 is 24.0 Å². The van der Waals surface area contributed by atoms with Crippen LogP contribution in [0.15, 0.2) is 18.2 Å². The molecule has 0 unspecified atom stereocenters. The van der Waals surface area contributed by atoms with E-state index in [4.69, 9.17) is 11.6 Å². The quantitative estimate of drug-likeness (QED) is 0.477. The number of hydrogen-bond acceptors (Lipinski definition) is 4. The fourth-order valence-corrected chi connectivity index (χ4v) is 1.46. The summed E-state index contributed by atoms with van der Waals surface area (Å²) in [6.45, 7) is 4.49. The Balaban J connectivity index is 0.00000256. The molecular formula is C10H15Cl2N3O2. The zero-order valence-corrected chi connectivity index (χ0v) is 11.0. The molecule has 0 radical (unpaired) electrons. The lowest BCUT2D eigenvalue weighted by molar-refractivity contribution is -0.384. The first-order chi connectivity index (χ1) is 7.65. The average Bonchev–Trinajstić information content (AvgIpc) is 2.26. The number of halogens is 2. The van der Waals surface area contributed by atoms with Gasteiger partial charge < -0.3 is 10.6 Å². The van der Waals surface area contributed by atoms with Gasteiger partial charge in [0.15, 0.2) is 0 Å². The Hall–Kier alpha value is -1.04. The molecule has 0 heterocycles. The summed E-state index contributed by atoms with van der Waals surface area (Å²) >= 11 is 5.90. The molecule has 0 atom stereocenters. The molecule has 0 bridgehead atoms. The third-order valence-electron chi connectivity index (χ3n) is 2.03. The smallest absolute Gasteiger partial charge is 0.271 e. The van der Waals surface area contributed by atoms with E-state index in [1.165, 1.54) is 12.1 Å². The Labute approximate surface area is 111 Å². The monoisotopic (exact) mass is 279 g/mol. The zero-order valence-electron chi connectivity index (χ0n) is 9.40. The molecule has 0 spiro atoms. The molecule has 0 aliphatic rings. The van der Waals surface area contributed by atoms with Crippen LogP contribution < -0.4 is 10.6 Å². The van der Waals surface area contributed by atoms with Crippen LogP contribution in [-0.4, -0.2) is 24.6 Å². The van der Waals surface area contributed by atoms with Gasteiger partial charge in [0.05, 0.1) is 15.6 Å². The van der Waals surface area contributed by atoms with Gasteiger partial charge in [-0.25, -0.2) is 0 Å². The number of nitrogens with one attached hydrogen (secondary N) is 2. The van der Waals surface area contributed by atoms with Crippen molar-refractivity contribution < 1.29 is 4.92 Å². The molecular weight excluding hydrogens is 265 g/mol.